The maximum absolute atomic E-state index is 10.1. The van der Waals surface area contributed by atoms with E-state index in [9.17, 15) is 8.42 Å². The van der Waals surface area contributed by atoms with Gasteiger partial charge in [-0.25, -0.2) is 0 Å². The van der Waals surface area contributed by atoms with E-state index in [0.717, 1.165) is 6.08 Å². The van der Waals surface area contributed by atoms with E-state index < -0.39 is 16.4 Å². The molecule has 0 aromatic heterocycles. The van der Waals surface area contributed by atoms with Crippen molar-refractivity contribution >= 4 is 15.2 Å². The van der Waals surface area contributed by atoms with Crippen LogP contribution in [0.1, 0.15) is 6.92 Å². The molecule has 0 amide bonds. The molecule has 1 unspecified atom stereocenters. The summed E-state index contributed by atoms with van der Waals surface area (Å²) in [4.78, 5) is -0.0741. The highest BCUT2D eigenvalue weighted by Gasteiger charge is 2.01. The van der Waals surface area contributed by atoms with E-state index in [0.29, 0.717) is 0 Å². The van der Waals surface area contributed by atoms with Crippen molar-refractivity contribution in [3.05, 3.63) is 12.7 Å². The number of hydrogen-bond donors (Lipinski definition) is 1. The summed E-state index contributed by atoms with van der Waals surface area (Å²) in [6.45, 7) is 4.58. The van der Waals surface area contributed by atoms with E-state index in [1.54, 1.807) is 0 Å². The van der Waals surface area contributed by atoms with Gasteiger partial charge in [0.25, 0.3) is 0 Å². The summed E-state index contributed by atoms with van der Waals surface area (Å²) in [5.41, 5.74) is 0. The summed E-state index contributed by atoms with van der Waals surface area (Å²) in [6, 6.07) is 0. The lowest BCUT2D eigenvalue weighted by Gasteiger charge is -1.95. The van der Waals surface area contributed by atoms with Gasteiger partial charge in [0.15, 0.2) is 0 Å². The Balaban J connectivity index is 4.79. The van der Waals surface area contributed by atoms with Crippen molar-refractivity contribution < 1.29 is 13.5 Å². The van der Waals surface area contributed by atoms with Crippen LogP contribution >= 0.6 is 0 Å². The Kier molecular flexibility index (Phi) is 3.19. The summed E-state index contributed by atoms with van der Waals surface area (Å²) >= 11 is 0. The normalized spacial score (nSPS) is 12.2. The summed E-state index contributed by atoms with van der Waals surface area (Å²) in [6.07, 6.45) is 0.161. The molecule has 0 rings (SSSR count). The zero-order valence-electron chi connectivity index (χ0n) is 5.03. The average Bonchev–Trinajstić information content (AvgIpc) is 1.64. The zero-order chi connectivity index (χ0) is 7.44. The van der Waals surface area contributed by atoms with E-state index in [1.165, 1.54) is 6.92 Å². The lowest BCUT2D eigenvalue weighted by atomic mass is 10.3. The summed E-state index contributed by atoms with van der Waals surface area (Å²) in [7, 11) is -2.33. The van der Waals surface area contributed by atoms with Gasteiger partial charge in [0.1, 0.15) is 0 Å². The molecule has 0 fully saturated rings. The third kappa shape index (κ3) is 2.43. The lowest BCUT2D eigenvalue weighted by molar-refractivity contribution is 0.265. The van der Waals surface area contributed by atoms with Crippen molar-refractivity contribution in [2.45, 2.75) is 13.0 Å². The highest BCUT2D eigenvalue weighted by atomic mass is 32.2. The fraction of sp³-hybridized carbons (Fsp3) is 0.400. The van der Waals surface area contributed by atoms with Gasteiger partial charge in [-0.05, 0) is 13.0 Å². The second-order valence-electron chi connectivity index (χ2n) is 1.52. The Hall–Kier alpha value is -0.610. The fourth-order valence-electron chi connectivity index (χ4n) is 0.378. The molecule has 0 saturated heterocycles. The van der Waals surface area contributed by atoms with Crippen LogP contribution in [0.5, 0.6) is 0 Å². The van der Waals surface area contributed by atoms with Crippen molar-refractivity contribution in [2.75, 3.05) is 0 Å². The predicted molar refractivity (Wildman–Crippen MR) is 35.8 cm³/mol. The minimum atomic E-state index is -2.33. The minimum Gasteiger partial charge on any atom is -0.388 e. The van der Waals surface area contributed by atoms with Gasteiger partial charge in [0, 0.05) is 0 Å². The molecule has 0 aromatic rings. The van der Waals surface area contributed by atoms with Gasteiger partial charge < -0.3 is 5.11 Å². The number of rotatable bonds is 2. The molecule has 0 aliphatic rings. The van der Waals surface area contributed by atoms with Crippen LogP contribution in [0.25, 0.3) is 0 Å². The Morgan fingerprint density at radius 1 is 1.78 bits per heavy atom. The SMILES string of the molecule is C=CC(C(C)O)=S(=O)=O. The molecule has 1 atom stereocenters. The molecule has 0 aliphatic carbocycles. The molecule has 9 heavy (non-hydrogen) atoms. The van der Waals surface area contributed by atoms with Gasteiger partial charge in [-0.3, -0.25) is 0 Å². The van der Waals surface area contributed by atoms with Gasteiger partial charge in [-0.2, -0.15) is 8.42 Å². The third-order valence-electron chi connectivity index (χ3n) is 0.805. The smallest absolute Gasteiger partial charge is 0.219 e. The largest absolute Gasteiger partial charge is 0.388 e. The summed E-state index contributed by atoms with van der Waals surface area (Å²) < 4.78 is 20.2. The van der Waals surface area contributed by atoms with Gasteiger partial charge >= 0.3 is 0 Å². The van der Waals surface area contributed by atoms with E-state index in [2.05, 4.69) is 6.58 Å². The van der Waals surface area contributed by atoms with Crippen LogP contribution in [-0.2, 0) is 10.3 Å². The molecule has 0 bridgehead atoms. The molecule has 0 aliphatic heterocycles. The van der Waals surface area contributed by atoms with Gasteiger partial charge in [-0.15, -0.1) is 0 Å². The number of hydrogen-bond acceptors (Lipinski definition) is 3. The van der Waals surface area contributed by atoms with Crippen LogP contribution in [0, 0.1) is 0 Å². The van der Waals surface area contributed by atoms with E-state index in [-0.39, 0.29) is 4.86 Å². The Morgan fingerprint density at radius 3 is 2.22 bits per heavy atom. The fourth-order valence-corrected chi connectivity index (χ4v) is 0.792. The van der Waals surface area contributed by atoms with Crippen LogP contribution < -0.4 is 0 Å². The maximum atomic E-state index is 10.1. The quantitative estimate of drug-likeness (QED) is 0.428. The standard InChI is InChI=1S/C5H8O3S/c1-3-5(4(2)6)9(7)8/h3-4,6H,1H2,2H3. The second kappa shape index (κ2) is 3.42. The van der Waals surface area contributed by atoms with Crippen LogP contribution in [-0.4, -0.2) is 24.5 Å². The predicted octanol–water partition coefficient (Wildman–Crippen LogP) is -0.395. The lowest BCUT2D eigenvalue weighted by Crippen LogP contribution is -2.13. The number of aliphatic hydroxyl groups is 1. The molecule has 0 heterocycles. The molecule has 0 aromatic carbocycles. The maximum Gasteiger partial charge on any atom is 0.219 e. The van der Waals surface area contributed by atoms with Crippen LogP contribution in [0.4, 0.5) is 0 Å². The van der Waals surface area contributed by atoms with Gasteiger partial charge in [0.2, 0.25) is 10.3 Å². The summed E-state index contributed by atoms with van der Waals surface area (Å²) in [5, 5.41) is 8.68. The average molecular weight is 148 g/mol. The Morgan fingerprint density at radius 2 is 2.22 bits per heavy atom. The number of aliphatic hydroxyl groups excluding tert-OH is 1. The van der Waals surface area contributed by atoms with Gasteiger partial charge in [0.05, 0.1) is 11.0 Å². The molecule has 0 spiro atoms. The molecule has 3 nitrogen and oxygen atoms in total. The van der Waals surface area contributed by atoms with Crippen LogP contribution in [0.2, 0.25) is 0 Å². The summed E-state index contributed by atoms with van der Waals surface area (Å²) in [5.74, 6) is 0. The molecule has 52 valence electrons. The van der Waals surface area contributed by atoms with E-state index in [4.69, 9.17) is 5.11 Å². The topological polar surface area (TPSA) is 54.4 Å². The van der Waals surface area contributed by atoms with Crippen molar-refractivity contribution in [3.63, 3.8) is 0 Å². The highest BCUT2D eigenvalue weighted by Crippen LogP contribution is 1.84. The second-order valence-corrected chi connectivity index (χ2v) is 2.46. The van der Waals surface area contributed by atoms with E-state index >= 15 is 0 Å². The van der Waals surface area contributed by atoms with Crippen molar-refractivity contribution in [2.24, 2.45) is 0 Å². The first-order chi connectivity index (χ1) is 4.09. The molecule has 4 heteroatoms. The van der Waals surface area contributed by atoms with Crippen molar-refractivity contribution in [1.29, 1.82) is 0 Å². The highest BCUT2D eigenvalue weighted by molar-refractivity contribution is 7.73. The van der Waals surface area contributed by atoms with Crippen LogP contribution in [0.15, 0.2) is 12.7 Å². The van der Waals surface area contributed by atoms with Crippen molar-refractivity contribution in [3.8, 4) is 0 Å². The Labute approximate surface area is 55.2 Å². The molecular weight excluding hydrogens is 140 g/mol. The zero-order valence-corrected chi connectivity index (χ0v) is 5.85. The third-order valence-corrected chi connectivity index (χ3v) is 1.70. The minimum absolute atomic E-state index is 0.0741. The first-order valence-corrected chi connectivity index (χ1v) is 3.43. The molecule has 1 N–H and O–H groups in total. The van der Waals surface area contributed by atoms with Crippen LogP contribution in [0.3, 0.4) is 0 Å². The van der Waals surface area contributed by atoms with Crippen molar-refractivity contribution in [1.82, 2.24) is 0 Å². The van der Waals surface area contributed by atoms with Gasteiger partial charge in [-0.1, -0.05) is 6.58 Å². The molecule has 0 saturated carbocycles. The first kappa shape index (κ1) is 8.39. The molecular formula is C5H8O3S. The monoisotopic (exact) mass is 148 g/mol. The van der Waals surface area contributed by atoms with E-state index in [1.807, 2.05) is 0 Å². The molecule has 0 radical (unpaired) electrons. The Bertz CT molecular complexity index is 215. The first-order valence-electron chi connectivity index (χ1n) is 2.36.